The lowest BCUT2D eigenvalue weighted by Gasteiger charge is -2.33. The lowest BCUT2D eigenvalue weighted by atomic mass is 10.0. The molecule has 0 bridgehead atoms. The van der Waals surface area contributed by atoms with Gasteiger partial charge in [0.05, 0.1) is 25.6 Å². The second kappa shape index (κ2) is 6.68. The van der Waals surface area contributed by atoms with E-state index < -0.39 is 5.54 Å². The Kier molecular flexibility index (Phi) is 4.90. The smallest absolute Gasteiger partial charge is 0.410 e. The van der Waals surface area contributed by atoms with Gasteiger partial charge < -0.3 is 14.8 Å². The first-order chi connectivity index (χ1) is 10.4. The van der Waals surface area contributed by atoms with Crippen LogP contribution in [0.3, 0.4) is 0 Å². The van der Waals surface area contributed by atoms with Crippen molar-refractivity contribution in [3.8, 4) is 5.75 Å². The normalized spacial score (nSPS) is 14.7. The highest BCUT2D eigenvalue weighted by atomic mass is 16.6. The topological polar surface area (TPSA) is 67.9 Å². The number of amides is 2. The summed E-state index contributed by atoms with van der Waals surface area (Å²) in [5, 5.41) is 2.88. The number of cyclic esters (lactones) is 1. The molecule has 2 rings (SSSR count). The van der Waals surface area contributed by atoms with Crippen LogP contribution >= 0.6 is 0 Å². The predicted octanol–water partition coefficient (Wildman–Crippen LogP) is 1.58. The van der Waals surface area contributed by atoms with Gasteiger partial charge in [0.25, 0.3) is 0 Å². The van der Waals surface area contributed by atoms with Crippen LogP contribution in [0.25, 0.3) is 0 Å². The third kappa shape index (κ3) is 3.90. The van der Waals surface area contributed by atoms with E-state index >= 15 is 0 Å². The molecule has 0 saturated carbocycles. The largest absolute Gasteiger partial charge is 0.497 e. The Morgan fingerprint density at radius 2 is 2.05 bits per heavy atom. The van der Waals surface area contributed by atoms with Crippen LogP contribution in [0.15, 0.2) is 24.3 Å². The molecule has 0 spiro atoms. The number of benzene rings is 1. The van der Waals surface area contributed by atoms with Crippen molar-refractivity contribution in [2.24, 2.45) is 0 Å². The van der Waals surface area contributed by atoms with Crippen molar-refractivity contribution in [2.45, 2.75) is 25.8 Å². The molecule has 1 saturated heterocycles. The van der Waals surface area contributed by atoms with E-state index in [1.807, 2.05) is 38.1 Å². The maximum atomic E-state index is 12.0. The van der Waals surface area contributed by atoms with Crippen LogP contribution in [0, 0.1) is 0 Å². The van der Waals surface area contributed by atoms with E-state index in [9.17, 15) is 9.59 Å². The quantitative estimate of drug-likeness (QED) is 0.866. The summed E-state index contributed by atoms with van der Waals surface area (Å²) in [4.78, 5) is 25.3. The number of hydrogen-bond donors (Lipinski definition) is 1. The Morgan fingerprint density at radius 3 is 2.59 bits per heavy atom. The summed E-state index contributed by atoms with van der Waals surface area (Å²) >= 11 is 0. The lowest BCUT2D eigenvalue weighted by molar-refractivity contribution is -0.120. The molecule has 0 radical (unpaired) electrons. The summed E-state index contributed by atoms with van der Waals surface area (Å²) in [7, 11) is 1.60. The van der Waals surface area contributed by atoms with Crippen molar-refractivity contribution in [3.05, 3.63) is 29.8 Å². The molecule has 1 aliphatic heterocycles. The van der Waals surface area contributed by atoms with Gasteiger partial charge in [0.1, 0.15) is 12.4 Å². The number of nitrogens with one attached hydrogen (secondary N) is 1. The SMILES string of the molecule is COc1ccc(CC(=O)NCC(C)(C)N2CCOC2=O)cc1. The zero-order chi connectivity index (χ0) is 16.2. The van der Waals surface area contributed by atoms with Crippen LogP contribution in [0.4, 0.5) is 4.79 Å². The molecule has 1 heterocycles. The molecule has 0 aliphatic carbocycles. The minimum atomic E-state index is -0.469. The Morgan fingerprint density at radius 1 is 1.36 bits per heavy atom. The fraction of sp³-hybridized carbons (Fsp3) is 0.500. The highest BCUT2D eigenvalue weighted by molar-refractivity contribution is 5.78. The number of ether oxygens (including phenoxy) is 2. The van der Waals surface area contributed by atoms with Gasteiger partial charge in [0, 0.05) is 6.54 Å². The van der Waals surface area contributed by atoms with Gasteiger partial charge in [0.2, 0.25) is 5.91 Å². The molecule has 22 heavy (non-hydrogen) atoms. The molecule has 0 aromatic heterocycles. The fourth-order valence-electron chi connectivity index (χ4n) is 2.34. The predicted molar refractivity (Wildman–Crippen MR) is 81.8 cm³/mol. The van der Waals surface area contributed by atoms with E-state index in [0.717, 1.165) is 11.3 Å². The molecule has 6 nitrogen and oxygen atoms in total. The minimum absolute atomic E-state index is 0.0780. The Hall–Kier alpha value is -2.24. The van der Waals surface area contributed by atoms with Gasteiger partial charge in [-0.3, -0.25) is 9.69 Å². The van der Waals surface area contributed by atoms with Gasteiger partial charge in [-0.15, -0.1) is 0 Å². The van der Waals surface area contributed by atoms with E-state index in [1.165, 1.54) is 0 Å². The maximum absolute atomic E-state index is 12.0. The molecule has 0 atom stereocenters. The molecule has 6 heteroatoms. The van der Waals surface area contributed by atoms with Crippen LogP contribution < -0.4 is 10.1 Å². The molecular weight excluding hydrogens is 284 g/mol. The summed E-state index contributed by atoms with van der Waals surface area (Å²) < 4.78 is 10.0. The number of methoxy groups -OCH3 is 1. The molecule has 1 fully saturated rings. The number of nitrogens with zero attached hydrogens (tertiary/aromatic N) is 1. The molecule has 0 unspecified atom stereocenters. The van der Waals surface area contributed by atoms with Crippen LogP contribution in [0.5, 0.6) is 5.75 Å². The second-order valence-corrected chi connectivity index (χ2v) is 5.88. The van der Waals surface area contributed by atoms with Crippen molar-refractivity contribution in [2.75, 3.05) is 26.8 Å². The molecular formula is C16H22N2O4. The third-order valence-corrected chi connectivity index (χ3v) is 3.73. The molecule has 1 aromatic rings. The average Bonchev–Trinajstić information content (AvgIpc) is 2.93. The van der Waals surface area contributed by atoms with Crippen molar-refractivity contribution in [3.63, 3.8) is 0 Å². The second-order valence-electron chi connectivity index (χ2n) is 5.88. The molecule has 1 aromatic carbocycles. The number of hydrogen-bond acceptors (Lipinski definition) is 4. The highest BCUT2D eigenvalue weighted by Crippen LogP contribution is 2.18. The van der Waals surface area contributed by atoms with Crippen LogP contribution in [0.1, 0.15) is 19.4 Å². The van der Waals surface area contributed by atoms with Crippen LogP contribution in [-0.2, 0) is 16.0 Å². The van der Waals surface area contributed by atoms with Gasteiger partial charge in [-0.05, 0) is 31.5 Å². The maximum Gasteiger partial charge on any atom is 0.410 e. The third-order valence-electron chi connectivity index (χ3n) is 3.73. The molecule has 120 valence electrons. The zero-order valence-corrected chi connectivity index (χ0v) is 13.2. The first-order valence-electron chi connectivity index (χ1n) is 7.26. The zero-order valence-electron chi connectivity index (χ0n) is 13.2. The summed E-state index contributed by atoms with van der Waals surface area (Å²) in [5.74, 6) is 0.684. The Labute approximate surface area is 130 Å². The van der Waals surface area contributed by atoms with Gasteiger partial charge in [0.15, 0.2) is 0 Å². The number of carbonyl (C=O) groups excluding carboxylic acids is 2. The number of carbonyl (C=O) groups is 2. The minimum Gasteiger partial charge on any atom is -0.497 e. The molecule has 2 amide bonds. The first kappa shape index (κ1) is 16.1. The van der Waals surface area contributed by atoms with Crippen molar-refractivity contribution in [1.82, 2.24) is 10.2 Å². The van der Waals surface area contributed by atoms with E-state index in [4.69, 9.17) is 9.47 Å². The van der Waals surface area contributed by atoms with Gasteiger partial charge >= 0.3 is 6.09 Å². The Bertz CT molecular complexity index is 540. The van der Waals surface area contributed by atoms with Crippen molar-refractivity contribution in [1.29, 1.82) is 0 Å². The van der Waals surface area contributed by atoms with Gasteiger partial charge in [-0.2, -0.15) is 0 Å². The summed E-state index contributed by atoms with van der Waals surface area (Å²) in [6.45, 7) is 5.17. The van der Waals surface area contributed by atoms with Crippen LogP contribution in [-0.4, -0.2) is 49.2 Å². The van der Waals surface area contributed by atoms with E-state index in [2.05, 4.69) is 5.32 Å². The van der Waals surface area contributed by atoms with Crippen LogP contribution in [0.2, 0.25) is 0 Å². The highest BCUT2D eigenvalue weighted by Gasteiger charge is 2.35. The number of rotatable bonds is 6. The average molecular weight is 306 g/mol. The fourth-order valence-corrected chi connectivity index (χ4v) is 2.34. The van der Waals surface area contributed by atoms with Crippen molar-refractivity contribution >= 4 is 12.0 Å². The first-order valence-corrected chi connectivity index (χ1v) is 7.26. The van der Waals surface area contributed by atoms with E-state index in [-0.39, 0.29) is 12.0 Å². The standard InChI is InChI=1S/C16H22N2O4/c1-16(2,18-8-9-22-15(18)20)11-17-14(19)10-12-4-6-13(21-3)7-5-12/h4-7H,8-11H2,1-3H3,(H,17,19). The molecule has 1 N–H and O–H groups in total. The van der Waals surface area contributed by atoms with Gasteiger partial charge in [-0.25, -0.2) is 4.79 Å². The van der Waals surface area contributed by atoms with Gasteiger partial charge in [-0.1, -0.05) is 12.1 Å². The van der Waals surface area contributed by atoms with E-state index in [0.29, 0.717) is 26.1 Å². The Balaban J connectivity index is 1.85. The summed E-state index contributed by atoms with van der Waals surface area (Å²) in [6.07, 6.45) is -0.0285. The summed E-state index contributed by atoms with van der Waals surface area (Å²) in [6, 6.07) is 7.38. The monoisotopic (exact) mass is 306 g/mol. The van der Waals surface area contributed by atoms with E-state index in [1.54, 1.807) is 12.0 Å². The summed E-state index contributed by atoms with van der Waals surface area (Å²) in [5.41, 5.74) is 0.445. The molecule has 1 aliphatic rings. The lowest BCUT2D eigenvalue weighted by Crippen LogP contribution is -2.52. The van der Waals surface area contributed by atoms with Crippen molar-refractivity contribution < 1.29 is 19.1 Å².